The molecule has 0 aromatic rings. The van der Waals surface area contributed by atoms with Gasteiger partial charge in [-0.1, -0.05) is 13.8 Å². The summed E-state index contributed by atoms with van der Waals surface area (Å²) in [4.78, 5) is 14.2. The van der Waals surface area contributed by atoms with Gasteiger partial charge in [0.15, 0.2) is 0 Å². The summed E-state index contributed by atoms with van der Waals surface area (Å²) in [6.07, 6.45) is 3.94. The summed E-state index contributed by atoms with van der Waals surface area (Å²) in [6.45, 7) is 6.44. The van der Waals surface area contributed by atoms with Crippen LogP contribution in [0.15, 0.2) is 0 Å². The summed E-state index contributed by atoms with van der Waals surface area (Å²) in [6, 6.07) is 0.639. The van der Waals surface area contributed by atoms with Crippen LogP contribution in [0.25, 0.3) is 0 Å². The molecule has 2 N–H and O–H groups in total. The summed E-state index contributed by atoms with van der Waals surface area (Å²) >= 11 is 0. The Bertz CT molecular complexity index is 232. The van der Waals surface area contributed by atoms with Crippen LogP contribution in [0.4, 0.5) is 0 Å². The van der Waals surface area contributed by atoms with E-state index < -0.39 is 0 Å². The third-order valence-corrected chi connectivity index (χ3v) is 4.04. The van der Waals surface area contributed by atoms with Gasteiger partial charge in [0.1, 0.15) is 0 Å². The average molecular weight is 226 g/mol. The number of nitrogens with two attached hydrogens (primary N) is 1. The number of rotatable bonds is 3. The Morgan fingerprint density at radius 1 is 1.19 bits per heavy atom. The van der Waals surface area contributed by atoms with Crippen LogP contribution >= 0.6 is 0 Å². The van der Waals surface area contributed by atoms with Crippen LogP contribution in [0.2, 0.25) is 0 Å². The van der Waals surface area contributed by atoms with Crippen LogP contribution in [-0.4, -0.2) is 29.9 Å². The molecule has 0 saturated heterocycles. The molecule has 1 fully saturated rings. The largest absolute Gasteiger partial charge is 0.343 e. The van der Waals surface area contributed by atoms with Crippen LogP contribution in [0.1, 0.15) is 46.5 Å². The second kappa shape index (κ2) is 5.67. The Labute approximate surface area is 99.4 Å². The molecule has 3 heteroatoms. The molecule has 1 aliphatic carbocycles. The predicted octanol–water partition coefficient (Wildman–Crippen LogP) is 2.01. The summed E-state index contributed by atoms with van der Waals surface area (Å²) in [5.74, 6) is 1.04. The Hall–Kier alpha value is -0.570. The highest BCUT2D eigenvalue weighted by molar-refractivity contribution is 5.79. The predicted molar refractivity (Wildman–Crippen MR) is 67.0 cm³/mol. The minimum Gasteiger partial charge on any atom is -0.343 e. The monoisotopic (exact) mass is 226 g/mol. The molecule has 0 spiro atoms. The molecule has 0 heterocycles. The number of nitrogens with zero attached hydrogens (tertiary/aromatic N) is 1. The molecule has 3 nitrogen and oxygen atoms in total. The fourth-order valence-corrected chi connectivity index (χ4v) is 2.30. The lowest BCUT2D eigenvalue weighted by atomic mass is 9.85. The van der Waals surface area contributed by atoms with Gasteiger partial charge in [-0.25, -0.2) is 0 Å². The fraction of sp³-hybridized carbons (Fsp3) is 0.923. The lowest BCUT2D eigenvalue weighted by Gasteiger charge is -2.33. The van der Waals surface area contributed by atoms with Crippen molar-refractivity contribution < 1.29 is 4.79 Å². The van der Waals surface area contributed by atoms with Gasteiger partial charge < -0.3 is 10.6 Å². The molecule has 0 radical (unpaired) electrons. The van der Waals surface area contributed by atoms with Crippen molar-refractivity contribution in [3.05, 3.63) is 0 Å². The summed E-state index contributed by atoms with van der Waals surface area (Å²) in [5, 5.41) is 0. The van der Waals surface area contributed by atoms with Crippen molar-refractivity contribution >= 4 is 5.91 Å². The standard InChI is InChI=1S/C13H26N2O/c1-9(2)10(3)15(4)13(16)11-5-7-12(14)8-6-11/h9-12H,5-8,14H2,1-4H3. The van der Waals surface area contributed by atoms with Gasteiger partial charge >= 0.3 is 0 Å². The second-order valence-electron chi connectivity index (χ2n) is 5.55. The Kier molecular flexibility index (Phi) is 4.78. The normalized spacial score (nSPS) is 27.9. The van der Waals surface area contributed by atoms with Crippen LogP contribution < -0.4 is 5.73 Å². The highest BCUT2D eigenvalue weighted by Crippen LogP contribution is 2.25. The average Bonchev–Trinajstić information content (AvgIpc) is 2.27. The van der Waals surface area contributed by atoms with Crippen molar-refractivity contribution in [2.45, 2.75) is 58.5 Å². The van der Waals surface area contributed by atoms with E-state index in [0.717, 1.165) is 25.7 Å². The van der Waals surface area contributed by atoms with E-state index >= 15 is 0 Å². The molecular formula is C13H26N2O. The quantitative estimate of drug-likeness (QED) is 0.800. The van der Waals surface area contributed by atoms with E-state index in [2.05, 4.69) is 20.8 Å². The number of hydrogen-bond acceptors (Lipinski definition) is 2. The van der Waals surface area contributed by atoms with Crippen LogP contribution in [0, 0.1) is 11.8 Å². The summed E-state index contributed by atoms with van der Waals surface area (Å²) in [5.41, 5.74) is 5.86. The molecule has 1 amide bonds. The van der Waals surface area contributed by atoms with Crippen molar-refractivity contribution in [1.29, 1.82) is 0 Å². The van der Waals surface area contributed by atoms with Crippen molar-refractivity contribution in [1.82, 2.24) is 4.90 Å². The number of carbonyl (C=O) groups is 1. The highest BCUT2D eigenvalue weighted by atomic mass is 16.2. The SMILES string of the molecule is CC(C)C(C)N(C)C(=O)C1CCC(N)CC1. The molecule has 0 aromatic carbocycles. The fourth-order valence-electron chi connectivity index (χ4n) is 2.30. The van der Waals surface area contributed by atoms with Crippen molar-refractivity contribution in [2.24, 2.45) is 17.6 Å². The smallest absolute Gasteiger partial charge is 0.225 e. The van der Waals surface area contributed by atoms with Gasteiger partial charge in [-0.2, -0.15) is 0 Å². The minimum absolute atomic E-state index is 0.214. The molecule has 1 atom stereocenters. The Morgan fingerprint density at radius 2 is 1.69 bits per heavy atom. The third-order valence-electron chi connectivity index (χ3n) is 4.04. The van der Waals surface area contributed by atoms with Gasteiger partial charge in [0.2, 0.25) is 5.91 Å². The molecule has 1 rings (SSSR count). The minimum atomic E-state index is 0.214. The van der Waals surface area contributed by atoms with E-state index in [-0.39, 0.29) is 5.92 Å². The molecule has 0 aromatic heterocycles. The first-order valence-corrected chi connectivity index (χ1v) is 6.45. The van der Waals surface area contributed by atoms with Crippen molar-refractivity contribution in [2.75, 3.05) is 7.05 Å². The topological polar surface area (TPSA) is 46.3 Å². The molecule has 1 unspecified atom stereocenters. The van der Waals surface area contributed by atoms with Crippen molar-refractivity contribution in [3.8, 4) is 0 Å². The van der Waals surface area contributed by atoms with Gasteiger partial charge in [0.25, 0.3) is 0 Å². The molecule has 1 saturated carbocycles. The lowest BCUT2D eigenvalue weighted by Crippen LogP contribution is -2.43. The van der Waals surface area contributed by atoms with Gasteiger partial charge in [-0.15, -0.1) is 0 Å². The first-order chi connectivity index (χ1) is 7.43. The highest BCUT2D eigenvalue weighted by Gasteiger charge is 2.29. The summed E-state index contributed by atoms with van der Waals surface area (Å²) < 4.78 is 0. The van der Waals surface area contributed by atoms with Crippen LogP contribution in [0.5, 0.6) is 0 Å². The maximum absolute atomic E-state index is 12.2. The molecular weight excluding hydrogens is 200 g/mol. The maximum atomic E-state index is 12.2. The molecule has 1 aliphatic rings. The van der Waals surface area contributed by atoms with E-state index in [4.69, 9.17) is 5.73 Å². The van der Waals surface area contributed by atoms with Gasteiger partial charge in [-0.3, -0.25) is 4.79 Å². The summed E-state index contributed by atoms with van der Waals surface area (Å²) in [7, 11) is 1.93. The molecule has 94 valence electrons. The third kappa shape index (κ3) is 3.21. The van der Waals surface area contributed by atoms with Crippen molar-refractivity contribution in [3.63, 3.8) is 0 Å². The maximum Gasteiger partial charge on any atom is 0.225 e. The lowest BCUT2D eigenvalue weighted by molar-refractivity contribution is -0.137. The van der Waals surface area contributed by atoms with E-state index in [1.165, 1.54) is 0 Å². The number of amides is 1. The van der Waals surface area contributed by atoms with Crippen LogP contribution in [-0.2, 0) is 4.79 Å². The molecule has 0 bridgehead atoms. The zero-order chi connectivity index (χ0) is 12.3. The van der Waals surface area contributed by atoms with Crippen LogP contribution in [0.3, 0.4) is 0 Å². The van der Waals surface area contributed by atoms with E-state index in [0.29, 0.717) is 23.9 Å². The zero-order valence-corrected chi connectivity index (χ0v) is 11.1. The molecule has 16 heavy (non-hydrogen) atoms. The zero-order valence-electron chi connectivity index (χ0n) is 11.1. The van der Waals surface area contributed by atoms with E-state index in [1.807, 2.05) is 11.9 Å². The van der Waals surface area contributed by atoms with Gasteiger partial charge in [0, 0.05) is 25.0 Å². The number of carbonyl (C=O) groups excluding carboxylic acids is 1. The first kappa shape index (κ1) is 13.5. The van der Waals surface area contributed by atoms with E-state index in [1.54, 1.807) is 0 Å². The molecule has 0 aliphatic heterocycles. The second-order valence-corrected chi connectivity index (χ2v) is 5.55. The van der Waals surface area contributed by atoms with Gasteiger partial charge in [-0.05, 0) is 38.5 Å². The Morgan fingerprint density at radius 3 is 2.12 bits per heavy atom. The van der Waals surface area contributed by atoms with Gasteiger partial charge in [0.05, 0.1) is 0 Å². The first-order valence-electron chi connectivity index (χ1n) is 6.45. The van der Waals surface area contributed by atoms with E-state index in [9.17, 15) is 4.79 Å². The number of hydrogen-bond donors (Lipinski definition) is 1. The Balaban J connectivity index is 2.50.